The number of nitrogens with one attached hydrogen (secondary N) is 1. The van der Waals surface area contributed by atoms with Crippen molar-refractivity contribution < 1.29 is 24.0 Å². The topological polar surface area (TPSA) is 66.9 Å². The number of ether oxygens (including phenoxy) is 1. The zero-order valence-electron chi connectivity index (χ0n) is 15.1. The molecule has 1 aromatic carbocycles. The molecule has 0 spiro atoms. The number of carbonyl (C=O) groups is 1. The maximum absolute atomic E-state index is 12.7. The van der Waals surface area contributed by atoms with Gasteiger partial charge in [-0.25, -0.2) is 0 Å². The Morgan fingerprint density at radius 3 is 2.85 bits per heavy atom. The summed E-state index contributed by atoms with van der Waals surface area (Å²) in [5, 5.41) is 12.5. The molecule has 0 amide bonds. The van der Waals surface area contributed by atoms with Crippen LogP contribution in [0.4, 0.5) is 0 Å². The van der Waals surface area contributed by atoms with Crippen molar-refractivity contribution in [2.75, 3.05) is 6.54 Å². The first-order valence-corrected chi connectivity index (χ1v) is 9.21. The zero-order valence-corrected chi connectivity index (χ0v) is 15.1. The van der Waals surface area contributed by atoms with E-state index in [0.29, 0.717) is 35.2 Å². The van der Waals surface area contributed by atoms with Crippen LogP contribution in [0.2, 0.25) is 0 Å². The summed E-state index contributed by atoms with van der Waals surface area (Å²) in [4.78, 5) is 14.1. The van der Waals surface area contributed by atoms with Gasteiger partial charge < -0.3 is 19.2 Å². The van der Waals surface area contributed by atoms with Crippen molar-refractivity contribution in [3.63, 3.8) is 0 Å². The van der Waals surface area contributed by atoms with E-state index in [1.165, 1.54) is 30.2 Å². The Kier molecular flexibility index (Phi) is 4.32. The van der Waals surface area contributed by atoms with Gasteiger partial charge in [-0.15, -0.1) is 0 Å². The number of allylic oxidation sites excluding steroid dienone is 1. The quantitative estimate of drug-likeness (QED) is 0.860. The van der Waals surface area contributed by atoms with E-state index in [2.05, 4.69) is 6.92 Å². The number of hydrogen-bond acceptors (Lipinski definition) is 4. The fourth-order valence-electron chi connectivity index (χ4n) is 3.86. The zero-order chi connectivity index (χ0) is 18.3. The number of aryl methyl sites for hydroxylation is 1. The number of piperidine rings is 1. The van der Waals surface area contributed by atoms with Gasteiger partial charge in [0, 0.05) is 11.6 Å². The predicted molar refractivity (Wildman–Crippen MR) is 95.1 cm³/mol. The molecule has 2 atom stereocenters. The minimum atomic E-state index is -0.197. The van der Waals surface area contributed by atoms with E-state index in [1.807, 2.05) is 13.0 Å². The van der Waals surface area contributed by atoms with E-state index >= 15 is 0 Å². The van der Waals surface area contributed by atoms with Crippen LogP contribution in [0.3, 0.4) is 0 Å². The Balaban J connectivity index is 1.66. The average molecular weight is 353 g/mol. The van der Waals surface area contributed by atoms with E-state index in [-0.39, 0.29) is 17.3 Å². The van der Waals surface area contributed by atoms with Gasteiger partial charge in [-0.1, -0.05) is 11.8 Å². The van der Waals surface area contributed by atoms with Crippen molar-refractivity contribution >= 4 is 11.9 Å². The number of Topliss-reactive ketones (excluding diaryl/α,β-unsaturated/α-hetero) is 1. The smallest absolute Gasteiger partial charge is 0.232 e. The molecule has 2 aliphatic heterocycles. The molecule has 2 unspecified atom stereocenters. The van der Waals surface area contributed by atoms with Crippen molar-refractivity contribution in [2.45, 2.75) is 45.7 Å². The number of hydrogen-bond donors (Lipinski definition) is 1. The van der Waals surface area contributed by atoms with Gasteiger partial charge in [-0.05, 0) is 51.3 Å². The Bertz CT molecular complexity index is 880. The lowest BCUT2D eigenvalue weighted by Crippen LogP contribution is -3.14. The Morgan fingerprint density at radius 1 is 1.27 bits per heavy atom. The van der Waals surface area contributed by atoms with Crippen LogP contribution in [-0.2, 0) is 6.54 Å². The van der Waals surface area contributed by atoms with E-state index < -0.39 is 0 Å². The molecule has 5 heteroatoms. The van der Waals surface area contributed by atoms with Crippen molar-refractivity contribution in [3.8, 4) is 11.5 Å². The number of rotatable bonds is 3. The molecule has 2 aromatic rings. The number of benzene rings is 1. The molecule has 0 bridgehead atoms. The highest BCUT2D eigenvalue weighted by Crippen LogP contribution is 2.38. The summed E-state index contributed by atoms with van der Waals surface area (Å²) < 4.78 is 11.4. The van der Waals surface area contributed by atoms with Crippen LogP contribution in [-0.4, -0.2) is 18.4 Å². The van der Waals surface area contributed by atoms with Gasteiger partial charge in [-0.2, -0.15) is 0 Å². The highest BCUT2D eigenvalue weighted by atomic mass is 16.5. The first-order valence-electron chi connectivity index (χ1n) is 9.21. The number of furan rings is 1. The third-order valence-electron chi connectivity index (χ3n) is 5.42. The first-order chi connectivity index (χ1) is 12.5. The summed E-state index contributed by atoms with van der Waals surface area (Å²) in [6, 6.07) is 7.20. The molecule has 1 N–H and O–H groups in total. The number of quaternary nitrogens is 1. The Morgan fingerprint density at radius 2 is 2.12 bits per heavy atom. The second-order valence-corrected chi connectivity index (χ2v) is 7.29. The molecule has 1 fully saturated rings. The maximum Gasteiger partial charge on any atom is 0.232 e. The Hall–Kier alpha value is -2.53. The fourth-order valence-corrected chi connectivity index (χ4v) is 3.86. The molecule has 3 heterocycles. The summed E-state index contributed by atoms with van der Waals surface area (Å²) in [5.41, 5.74) is 1.08. The highest BCUT2D eigenvalue weighted by molar-refractivity contribution is 6.14. The van der Waals surface area contributed by atoms with Crippen molar-refractivity contribution in [1.29, 1.82) is 0 Å². The summed E-state index contributed by atoms with van der Waals surface area (Å²) in [5.74, 6) is 1.72. The normalized spacial score (nSPS) is 23.9. The molecule has 4 rings (SSSR count). The lowest BCUT2D eigenvalue weighted by molar-refractivity contribution is -0.942. The monoisotopic (exact) mass is 353 g/mol. The molecule has 2 aliphatic rings. The second-order valence-electron chi connectivity index (χ2n) is 7.29. The van der Waals surface area contributed by atoms with Crippen molar-refractivity contribution in [3.05, 3.63) is 52.7 Å². The number of fused-ring (bicyclic) bond motifs is 1. The van der Waals surface area contributed by atoms with Crippen molar-refractivity contribution in [1.82, 2.24) is 0 Å². The maximum atomic E-state index is 12.7. The number of carbonyl (C=O) groups excluding carboxylic acids is 1. The summed E-state index contributed by atoms with van der Waals surface area (Å²) in [7, 11) is 0. The SMILES string of the molecule is Cc1ccc(/C=C2\Oc3c(ccc([O-])c3C[NH+]3CCCCC3C)C2=O)o1. The standard InChI is InChI=1S/C21H23NO4/c1-13-5-3-4-10-22(13)12-17-18(23)9-8-16-20(24)19(26-21(16)17)11-15-7-6-14(2)25-15/h6-9,11,13,23H,3-5,10,12H2,1-2H3/b19-11-. The minimum Gasteiger partial charge on any atom is -0.872 e. The Labute approximate surface area is 152 Å². The molecular weight excluding hydrogens is 330 g/mol. The van der Waals surface area contributed by atoms with Crippen molar-refractivity contribution in [2.24, 2.45) is 0 Å². The molecule has 136 valence electrons. The lowest BCUT2D eigenvalue weighted by Gasteiger charge is -2.31. The lowest BCUT2D eigenvalue weighted by atomic mass is 10.0. The van der Waals surface area contributed by atoms with Gasteiger partial charge in [0.2, 0.25) is 5.78 Å². The second kappa shape index (κ2) is 6.65. The van der Waals surface area contributed by atoms with Crippen LogP contribution < -0.4 is 14.7 Å². The van der Waals surface area contributed by atoms with Crippen LogP contribution in [0, 0.1) is 6.92 Å². The summed E-state index contributed by atoms with van der Waals surface area (Å²) in [6.45, 7) is 5.72. The van der Waals surface area contributed by atoms with Gasteiger partial charge in [-0.3, -0.25) is 4.79 Å². The van der Waals surface area contributed by atoms with Gasteiger partial charge in [0.1, 0.15) is 23.8 Å². The number of ketones is 1. The number of likely N-dealkylation sites (tertiary alicyclic amines) is 1. The molecular formula is C21H23NO4. The minimum absolute atomic E-state index is 0.0584. The fraction of sp³-hybridized carbons (Fsp3) is 0.381. The molecule has 0 saturated carbocycles. The molecule has 0 radical (unpaired) electrons. The third kappa shape index (κ3) is 3.03. The molecule has 1 aromatic heterocycles. The summed E-state index contributed by atoms with van der Waals surface area (Å²) >= 11 is 0. The molecule has 1 saturated heterocycles. The van der Waals surface area contributed by atoms with E-state index in [1.54, 1.807) is 18.2 Å². The average Bonchev–Trinajstić information content (AvgIpc) is 3.16. The van der Waals surface area contributed by atoms with Gasteiger partial charge in [0.15, 0.2) is 5.76 Å². The van der Waals surface area contributed by atoms with Crippen LogP contribution in [0.25, 0.3) is 6.08 Å². The molecule has 5 nitrogen and oxygen atoms in total. The van der Waals surface area contributed by atoms with Gasteiger partial charge >= 0.3 is 0 Å². The van der Waals surface area contributed by atoms with Gasteiger partial charge in [0.05, 0.1) is 18.2 Å². The van der Waals surface area contributed by atoms with Gasteiger partial charge in [0.25, 0.3) is 0 Å². The van der Waals surface area contributed by atoms with E-state index in [0.717, 1.165) is 12.3 Å². The van der Waals surface area contributed by atoms with Crippen LogP contribution >= 0.6 is 0 Å². The first kappa shape index (κ1) is 16.9. The highest BCUT2D eigenvalue weighted by Gasteiger charge is 2.32. The van der Waals surface area contributed by atoms with Crippen LogP contribution in [0.1, 0.15) is 53.6 Å². The predicted octanol–water partition coefficient (Wildman–Crippen LogP) is 2.24. The molecule has 0 aliphatic carbocycles. The van der Waals surface area contributed by atoms with Crippen LogP contribution in [0.5, 0.6) is 11.5 Å². The summed E-state index contributed by atoms with van der Waals surface area (Å²) in [6.07, 6.45) is 5.18. The largest absolute Gasteiger partial charge is 0.872 e. The van der Waals surface area contributed by atoms with Crippen LogP contribution in [0.15, 0.2) is 34.4 Å². The molecule has 26 heavy (non-hydrogen) atoms. The van der Waals surface area contributed by atoms with E-state index in [4.69, 9.17) is 9.15 Å². The van der Waals surface area contributed by atoms with E-state index in [9.17, 15) is 9.90 Å². The third-order valence-corrected chi connectivity index (χ3v) is 5.42.